The standard InChI is InChI=1S/C14H28N2O3/c1-4-16-14(15)9(3)8(2)10-5-11(7-17)13(19)12(18)6-10/h8-13,17-19H,4-7H2,1-3H3,(H2,15,16). The van der Waals surface area contributed by atoms with Crippen molar-refractivity contribution in [3.8, 4) is 0 Å². The molecule has 5 nitrogen and oxygen atoms in total. The Bertz CT molecular complexity index is 309. The molecule has 6 atom stereocenters. The summed E-state index contributed by atoms with van der Waals surface area (Å²) < 4.78 is 0. The summed E-state index contributed by atoms with van der Waals surface area (Å²) in [4.78, 5) is 4.25. The Hall–Kier alpha value is -0.650. The summed E-state index contributed by atoms with van der Waals surface area (Å²) in [6, 6.07) is 0. The predicted octanol–water partition coefficient (Wildman–Crippen LogP) is 0.376. The molecule has 0 aromatic carbocycles. The van der Waals surface area contributed by atoms with Crippen LogP contribution < -0.4 is 5.73 Å². The summed E-state index contributed by atoms with van der Waals surface area (Å²) in [7, 11) is 0. The van der Waals surface area contributed by atoms with Crippen LogP contribution in [0, 0.1) is 23.7 Å². The molecule has 0 aromatic rings. The van der Waals surface area contributed by atoms with Gasteiger partial charge in [-0.2, -0.15) is 0 Å². The molecule has 1 fully saturated rings. The second-order valence-corrected chi connectivity index (χ2v) is 5.78. The number of amidine groups is 1. The Kier molecular flexibility index (Phi) is 6.23. The Labute approximate surface area is 115 Å². The lowest BCUT2D eigenvalue weighted by Crippen LogP contribution is -2.45. The van der Waals surface area contributed by atoms with E-state index in [2.05, 4.69) is 11.9 Å². The number of aliphatic hydroxyl groups is 3. The fourth-order valence-corrected chi connectivity index (χ4v) is 3.00. The maximum Gasteiger partial charge on any atom is 0.0968 e. The van der Waals surface area contributed by atoms with Crippen LogP contribution >= 0.6 is 0 Å². The molecule has 0 aliphatic heterocycles. The van der Waals surface area contributed by atoms with E-state index in [9.17, 15) is 15.3 Å². The van der Waals surface area contributed by atoms with E-state index in [4.69, 9.17) is 5.73 Å². The van der Waals surface area contributed by atoms with Gasteiger partial charge in [-0.15, -0.1) is 0 Å². The smallest absolute Gasteiger partial charge is 0.0968 e. The van der Waals surface area contributed by atoms with E-state index in [1.54, 1.807) is 0 Å². The van der Waals surface area contributed by atoms with E-state index < -0.39 is 12.2 Å². The molecule has 0 bridgehead atoms. The average molecular weight is 272 g/mol. The van der Waals surface area contributed by atoms with E-state index in [1.165, 1.54) is 0 Å². The quantitative estimate of drug-likeness (QED) is 0.429. The van der Waals surface area contributed by atoms with Crippen LogP contribution in [0.1, 0.15) is 33.6 Å². The maximum atomic E-state index is 9.90. The molecule has 5 N–H and O–H groups in total. The summed E-state index contributed by atoms with van der Waals surface area (Å²) in [5.41, 5.74) is 5.95. The highest BCUT2D eigenvalue weighted by Crippen LogP contribution is 2.37. The largest absolute Gasteiger partial charge is 0.396 e. The van der Waals surface area contributed by atoms with Gasteiger partial charge in [0.15, 0.2) is 0 Å². The van der Waals surface area contributed by atoms with Crippen molar-refractivity contribution in [2.24, 2.45) is 34.4 Å². The summed E-state index contributed by atoms with van der Waals surface area (Å²) in [5.74, 6) is 1.07. The van der Waals surface area contributed by atoms with Crippen molar-refractivity contribution in [3.63, 3.8) is 0 Å². The van der Waals surface area contributed by atoms with Crippen LogP contribution in [-0.4, -0.2) is 46.5 Å². The van der Waals surface area contributed by atoms with Gasteiger partial charge in [-0.25, -0.2) is 0 Å². The molecule has 1 aliphatic rings. The minimum Gasteiger partial charge on any atom is -0.396 e. The molecule has 0 aromatic heterocycles. The molecule has 1 saturated carbocycles. The second kappa shape index (κ2) is 7.22. The topological polar surface area (TPSA) is 99.1 Å². The molecule has 0 spiro atoms. The third kappa shape index (κ3) is 3.91. The molecule has 5 heteroatoms. The molecule has 0 radical (unpaired) electrons. The number of aliphatic imine (C=N–C) groups is 1. The van der Waals surface area contributed by atoms with E-state index in [1.807, 2.05) is 13.8 Å². The summed E-state index contributed by atoms with van der Waals surface area (Å²) in [5, 5.41) is 29.0. The lowest BCUT2D eigenvalue weighted by molar-refractivity contribution is -0.0835. The van der Waals surface area contributed by atoms with Crippen LogP contribution in [0.15, 0.2) is 4.99 Å². The highest BCUT2D eigenvalue weighted by atomic mass is 16.3. The maximum absolute atomic E-state index is 9.90. The van der Waals surface area contributed by atoms with Gasteiger partial charge < -0.3 is 21.1 Å². The van der Waals surface area contributed by atoms with Crippen LogP contribution in [0.5, 0.6) is 0 Å². The number of aliphatic hydroxyl groups excluding tert-OH is 3. The lowest BCUT2D eigenvalue weighted by atomic mass is 9.70. The summed E-state index contributed by atoms with van der Waals surface area (Å²) >= 11 is 0. The minimum atomic E-state index is -0.814. The normalized spacial score (nSPS) is 36.0. The molecule has 0 saturated heterocycles. The van der Waals surface area contributed by atoms with Crippen molar-refractivity contribution >= 4 is 5.84 Å². The number of hydrogen-bond acceptors (Lipinski definition) is 4. The van der Waals surface area contributed by atoms with Gasteiger partial charge in [-0.05, 0) is 31.6 Å². The predicted molar refractivity (Wildman–Crippen MR) is 75.8 cm³/mol. The van der Waals surface area contributed by atoms with Gasteiger partial charge in [0.25, 0.3) is 0 Å². The fraction of sp³-hybridized carbons (Fsp3) is 0.929. The molecule has 0 amide bonds. The Morgan fingerprint density at radius 2 is 1.95 bits per heavy atom. The molecule has 6 unspecified atom stereocenters. The van der Waals surface area contributed by atoms with Crippen molar-refractivity contribution in [1.82, 2.24) is 0 Å². The molecular weight excluding hydrogens is 244 g/mol. The van der Waals surface area contributed by atoms with Crippen LogP contribution in [0.25, 0.3) is 0 Å². The number of rotatable bonds is 5. The van der Waals surface area contributed by atoms with Crippen LogP contribution in [0.4, 0.5) is 0 Å². The monoisotopic (exact) mass is 272 g/mol. The first-order chi connectivity index (χ1) is 8.92. The van der Waals surface area contributed by atoms with Gasteiger partial charge in [0.05, 0.1) is 18.0 Å². The number of hydrogen-bond donors (Lipinski definition) is 4. The molecule has 19 heavy (non-hydrogen) atoms. The van der Waals surface area contributed by atoms with Gasteiger partial charge in [0.2, 0.25) is 0 Å². The Balaban J connectivity index is 2.71. The van der Waals surface area contributed by atoms with Crippen molar-refractivity contribution in [2.75, 3.05) is 13.2 Å². The van der Waals surface area contributed by atoms with E-state index >= 15 is 0 Å². The first kappa shape index (κ1) is 16.4. The molecule has 1 rings (SSSR count). The molecule has 1 aliphatic carbocycles. The van der Waals surface area contributed by atoms with E-state index in [0.717, 1.165) is 6.42 Å². The average Bonchev–Trinajstić information content (AvgIpc) is 2.40. The molecular formula is C14H28N2O3. The van der Waals surface area contributed by atoms with Crippen molar-refractivity contribution in [2.45, 2.75) is 45.8 Å². The van der Waals surface area contributed by atoms with Crippen LogP contribution in [-0.2, 0) is 0 Å². The zero-order valence-corrected chi connectivity index (χ0v) is 12.2. The zero-order chi connectivity index (χ0) is 14.6. The van der Waals surface area contributed by atoms with Crippen molar-refractivity contribution in [3.05, 3.63) is 0 Å². The number of nitrogens with zero attached hydrogens (tertiary/aromatic N) is 1. The Morgan fingerprint density at radius 3 is 2.47 bits per heavy atom. The van der Waals surface area contributed by atoms with E-state index in [-0.39, 0.29) is 30.3 Å². The molecule has 0 heterocycles. The highest BCUT2D eigenvalue weighted by Gasteiger charge is 2.38. The van der Waals surface area contributed by atoms with Gasteiger partial charge in [-0.3, -0.25) is 4.99 Å². The van der Waals surface area contributed by atoms with Gasteiger partial charge >= 0.3 is 0 Å². The second-order valence-electron chi connectivity index (χ2n) is 5.78. The molecule has 112 valence electrons. The fourth-order valence-electron chi connectivity index (χ4n) is 3.00. The van der Waals surface area contributed by atoms with Gasteiger partial charge in [0, 0.05) is 25.0 Å². The van der Waals surface area contributed by atoms with Crippen LogP contribution in [0.3, 0.4) is 0 Å². The number of nitrogens with two attached hydrogens (primary N) is 1. The first-order valence-corrected chi connectivity index (χ1v) is 7.19. The Morgan fingerprint density at radius 1 is 1.32 bits per heavy atom. The van der Waals surface area contributed by atoms with Crippen molar-refractivity contribution < 1.29 is 15.3 Å². The first-order valence-electron chi connectivity index (χ1n) is 7.19. The summed E-state index contributed by atoms with van der Waals surface area (Å²) in [6.07, 6.45) is -0.289. The van der Waals surface area contributed by atoms with E-state index in [0.29, 0.717) is 18.8 Å². The minimum absolute atomic E-state index is 0.0889. The summed E-state index contributed by atoms with van der Waals surface area (Å²) in [6.45, 7) is 6.69. The van der Waals surface area contributed by atoms with Crippen LogP contribution in [0.2, 0.25) is 0 Å². The lowest BCUT2D eigenvalue weighted by Gasteiger charge is -2.40. The van der Waals surface area contributed by atoms with Crippen molar-refractivity contribution in [1.29, 1.82) is 0 Å². The zero-order valence-electron chi connectivity index (χ0n) is 12.2. The van der Waals surface area contributed by atoms with Gasteiger partial charge in [0.1, 0.15) is 0 Å². The third-order valence-electron chi connectivity index (χ3n) is 4.60. The third-order valence-corrected chi connectivity index (χ3v) is 4.60. The highest BCUT2D eigenvalue weighted by molar-refractivity contribution is 5.82. The van der Waals surface area contributed by atoms with Gasteiger partial charge in [-0.1, -0.05) is 13.8 Å². The SMILES string of the molecule is CCN=C(N)C(C)C(C)C1CC(O)C(O)C(CO)C1.